The van der Waals surface area contributed by atoms with E-state index in [0.717, 1.165) is 21.3 Å². The Morgan fingerprint density at radius 1 is 1.03 bits per heavy atom. The molecule has 0 aliphatic carbocycles. The van der Waals surface area contributed by atoms with Crippen LogP contribution in [0.2, 0.25) is 10.0 Å². The Kier molecular flexibility index (Phi) is 8.21. The molecule has 168 valence electrons. The second-order valence-electron chi connectivity index (χ2n) is 7.06. The second-order valence-corrected chi connectivity index (χ2v) is 9.68. The lowest BCUT2D eigenvalue weighted by Crippen LogP contribution is -2.17. The summed E-state index contributed by atoms with van der Waals surface area (Å²) in [5.41, 5.74) is 3.49. The van der Waals surface area contributed by atoms with E-state index in [2.05, 4.69) is 36.8 Å². The molecule has 3 rings (SSSR count). The summed E-state index contributed by atoms with van der Waals surface area (Å²) in [4.78, 5) is 24.7. The fourth-order valence-corrected chi connectivity index (χ4v) is 4.33. The number of rotatable bonds is 7. The minimum absolute atomic E-state index is 0.0199. The lowest BCUT2D eigenvalue weighted by atomic mass is 10.1. The topological polar surface area (TPSA) is 88.9 Å². The second kappa shape index (κ2) is 10.7. The number of hydrogen-bond acceptors (Lipinski definition) is 5. The van der Waals surface area contributed by atoms with E-state index in [-0.39, 0.29) is 24.0 Å². The van der Waals surface area contributed by atoms with Crippen LogP contribution in [-0.2, 0) is 23.1 Å². The van der Waals surface area contributed by atoms with E-state index < -0.39 is 0 Å². The molecule has 32 heavy (non-hydrogen) atoms. The predicted molar refractivity (Wildman–Crippen MR) is 133 cm³/mol. The molecule has 0 atom stereocenters. The fourth-order valence-electron chi connectivity index (χ4n) is 2.74. The third kappa shape index (κ3) is 6.25. The van der Waals surface area contributed by atoms with Gasteiger partial charge in [0.25, 0.3) is 0 Å². The quantitative estimate of drug-likeness (QED) is 0.380. The van der Waals surface area contributed by atoms with Crippen molar-refractivity contribution in [2.45, 2.75) is 25.4 Å². The molecule has 3 aromatic rings. The molecule has 0 fully saturated rings. The van der Waals surface area contributed by atoms with Gasteiger partial charge in [0, 0.05) is 17.2 Å². The first kappa shape index (κ1) is 24.6. The molecule has 2 aromatic carbocycles. The highest BCUT2D eigenvalue weighted by atomic mass is 79.9. The molecule has 2 amide bonds. The third-order valence-corrected chi connectivity index (χ3v) is 7.05. The van der Waals surface area contributed by atoms with Crippen molar-refractivity contribution in [3.63, 3.8) is 0 Å². The van der Waals surface area contributed by atoms with E-state index in [0.29, 0.717) is 26.7 Å². The van der Waals surface area contributed by atoms with Crippen LogP contribution >= 0.6 is 50.9 Å². The molecule has 0 aliphatic rings. The minimum Gasteiger partial charge on any atom is -0.326 e. The smallest absolute Gasteiger partial charge is 0.234 e. The minimum atomic E-state index is -0.271. The van der Waals surface area contributed by atoms with Crippen molar-refractivity contribution in [2.75, 3.05) is 16.4 Å². The van der Waals surface area contributed by atoms with Crippen LogP contribution < -0.4 is 10.6 Å². The van der Waals surface area contributed by atoms with Crippen LogP contribution in [0.4, 0.5) is 11.4 Å². The summed E-state index contributed by atoms with van der Waals surface area (Å²) in [6.45, 7) is 4.00. The Bertz CT molecular complexity index is 1190. The average molecular weight is 557 g/mol. The zero-order valence-electron chi connectivity index (χ0n) is 17.5. The Hall–Kier alpha value is -2.07. The van der Waals surface area contributed by atoms with Gasteiger partial charge in [-0.15, -0.1) is 10.2 Å². The van der Waals surface area contributed by atoms with Gasteiger partial charge in [-0.25, -0.2) is 0 Å². The van der Waals surface area contributed by atoms with Gasteiger partial charge in [-0.2, -0.15) is 0 Å². The number of carbonyl (C=O) groups is 2. The maximum Gasteiger partial charge on any atom is 0.234 e. The van der Waals surface area contributed by atoms with E-state index in [1.54, 1.807) is 29.8 Å². The summed E-state index contributed by atoms with van der Waals surface area (Å²) in [7, 11) is 1.75. The number of nitrogens with one attached hydrogen (secondary N) is 2. The number of anilines is 2. The van der Waals surface area contributed by atoms with Gasteiger partial charge in [-0.05, 0) is 71.2 Å². The Balaban J connectivity index is 1.56. The van der Waals surface area contributed by atoms with E-state index in [4.69, 9.17) is 23.2 Å². The van der Waals surface area contributed by atoms with Crippen molar-refractivity contribution in [1.29, 1.82) is 0 Å². The van der Waals surface area contributed by atoms with E-state index in [9.17, 15) is 9.59 Å². The molecule has 0 bridgehead atoms. The molecule has 0 spiro atoms. The Labute approximate surface area is 208 Å². The monoisotopic (exact) mass is 555 g/mol. The normalized spacial score (nSPS) is 10.8. The summed E-state index contributed by atoms with van der Waals surface area (Å²) >= 11 is 16.6. The summed E-state index contributed by atoms with van der Waals surface area (Å²) < 4.78 is 2.52. The number of benzene rings is 2. The number of nitrogens with zero attached hydrogens (tertiary/aromatic N) is 3. The van der Waals surface area contributed by atoms with Crippen molar-refractivity contribution >= 4 is 74.1 Å². The first-order valence-corrected chi connectivity index (χ1v) is 12.0. The first-order valence-electron chi connectivity index (χ1n) is 9.46. The van der Waals surface area contributed by atoms with Crippen molar-refractivity contribution in [2.24, 2.45) is 7.05 Å². The molecule has 7 nitrogen and oxygen atoms in total. The number of thioether (sulfide) groups is 1. The van der Waals surface area contributed by atoms with Crippen LogP contribution in [0.1, 0.15) is 17.0 Å². The molecule has 0 unspecified atom stereocenters. The highest BCUT2D eigenvalue weighted by molar-refractivity contribution is 9.10. The van der Waals surface area contributed by atoms with Gasteiger partial charge in [-0.3, -0.25) is 9.59 Å². The zero-order valence-corrected chi connectivity index (χ0v) is 21.4. The van der Waals surface area contributed by atoms with Crippen LogP contribution in [0.3, 0.4) is 0 Å². The van der Waals surface area contributed by atoms with E-state index in [1.807, 2.05) is 26.0 Å². The van der Waals surface area contributed by atoms with Gasteiger partial charge in [0.1, 0.15) is 5.82 Å². The van der Waals surface area contributed by atoms with Gasteiger partial charge in [0.2, 0.25) is 11.8 Å². The average Bonchev–Trinajstić information content (AvgIpc) is 3.06. The van der Waals surface area contributed by atoms with Crippen LogP contribution in [0.5, 0.6) is 0 Å². The zero-order chi connectivity index (χ0) is 23.4. The summed E-state index contributed by atoms with van der Waals surface area (Å²) in [5, 5.41) is 15.1. The summed E-state index contributed by atoms with van der Waals surface area (Å²) in [6.07, 6.45) is 0.0199. The molecular formula is C21H20BrCl2N5O2S. The fraction of sp³-hybridized carbons (Fsp3) is 0.238. The van der Waals surface area contributed by atoms with E-state index in [1.165, 1.54) is 11.8 Å². The van der Waals surface area contributed by atoms with E-state index >= 15 is 0 Å². The lowest BCUT2D eigenvalue weighted by Gasteiger charge is -2.10. The highest BCUT2D eigenvalue weighted by Crippen LogP contribution is 2.27. The molecule has 0 saturated carbocycles. The van der Waals surface area contributed by atoms with Gasteiger partial charge in [-0.1, -0.05) is 35.0 Å². The molecule has 1 heterocycles. The highest BCUT2D eigenvalue weighted by Gasteiger charge is 2.15. The van der Waals surface area contributed by atoms with Gasteiger partial charge in [0.15, 0.2) is 5.16 Å². The SMILES string of the molecule is Cc1cc(Br)c(NC(=O)CSc2nnc(CC(=O)Nc3ccc(Cl)c(Cl)c3)n2C)cc1C. The molecule has 0 saturated heterocycles. The Morgan fingerprint density at radius 2 is 1.75 bits per heavy atom. The number of hydrogen-bond donors (Lipinski definition) is 2. The van der Waals surface area contributed by atoms with Crippen molar-refractivity contribution < 1.29 is 9.59 Å². The molecule has 11 heteroatoms. The van der Waals surface area contributed by atoms with Gasteiger partial charge >= 0.3 is 0 Å². The van der Waals surface area contributed by atoms with Crippen LogP contribution in [0, 0.1) is 13.8 Å². The largest absolute Gasteiger partial charge is 0.326 e. The molecule has 0 aliphatic heterocycles. The van der Waals surface area contributed by atoms with Crippen molar-refractivity contribution in [1.82, 2.24) is 14.8 Å². The standard InChI is InChI=1S/C21H20BrCl2N5O2S/c1-11-6-14(22)17(7-12(11)2)26-20(31)10-32-21-28-27-18(29(21)3)9-19(30)25-13-4-5-15(23)16(24)8-13/h4-8H,9-10H2,1-3H3,(H,25,30)(H,26,31). The van der Waals surface area contributed by atoms with Gasteiger partial charge < -0.3 is 15.2 Å². The molecule has 2 N–H and O–H groups in total. The Morgan fingerprint density at radius 3 is 2.47 bits per heavy atom. The van der Waals surface area contributed by atoms with Crippen molar-refractivity contribution in [3.05, 3.63) is 61.8 Å². The number of carbonyl (C=O) groups excluding carboxylic acids is 2. The molecular weight excluding hydrogens is 537 g/mol. The van der Waals surface area contributed by atoms with Crippen LogP contribution in [0.25, 0.3) is 0 Å². The third-order valence-electron chi connectivity index (χ3n) is 4.64. The first-order chi connectivity index (χ1) is 15.1. The van der Waals surface area contributed by atoms with Crippen molar-refractivity contribution in [3.8, 4) is 0 Å². The summed E-state index contributed by atoms with van der Waals surface area (Å²) in [5.74, 6) is 0.192. The maximum absolute atomic E-state index is 12.4. The number of halogens is 3. The predicted octanol–water partition coefficient (Wildman–Crippen LogP) is 5.41. The lowest BCUT2D eigenvalue weighted by molar-refractivity contribution is -0.116. The summed E-state index contributed by atoms with van der Waals surface area (Å²) in [6, 6.07) is 8.74. The number of amides is 2. The van der Waals surface area contributed by atoms with Gasteiger partial charge in [0.05, 0.1) is 27.9 Å². The molecule has 1 aromatic heterocycles. The molecule has 0 radical (unpaired) electrons. The maximum atomic E-state index is 12.4. The number of aromatic nitrogens is 3. The number of aryl methyl sites for hydroxylation is 2. The van der Waals surface area contributed by atoms with Crippen LogP contribution in [0.15, 0.2) is 40.0 Å². The van der Waals surface area contributed by atoms with Crippen LogP contribution in [-0.4, -0.2) is 32.3 Å².